The highest BCUT2D eigenvalue weighted by atomic mass is 16.5. The van der Waals surface area contributed by atoms with E-state index in [-0.39, 0.29) is 11.8 Å². The van der Waals surface area contributed by atoms with Crippen LogP contribution in [0.1, 0.15) is 12.8 Å². The molecule has 1 fully saturated rings. The quantitative estimate of drug-likeness (QED) is 0.363. The number of esters is 1. The summed E-state index contributed by atoms with van der Waals surface area (Å²) in [5, 5.41) is 5.66. The molecule has 1 aliphatic carbocycles. The lowest BCUT2D eigenvalue weighted by Crippen LogP contribution is -2.31. The van der Waals surface area contributed by atoms with E-state index in [0.717, 1.165) is 12.8 Å². The van der Waals surface area contributed by atoms with Crippen molar-refractivity contribution in [1.82, 2.24) is 10.6 Å². The molecule has 0 saturated heterocycles. The van der Waals surface area contributed by atoms with Crippen LogP contribution in [0.2, 0.25) is 0 Å². The first-order valence-electron chi connectivity index (χ1n) is 4.99. The van der Waals surface area contributed by atoms with Crippen LogP contribution in [0.3, 0.4) is 0 Å². The van der Waals surface area contributed by atoms with Gasteiger partial charge in [0.2, 0.25) is 5.91 Å². The smallest absolute Gasteiger partial charge is 0.331 e. The summed E-state index contributed by atoms with van der Waals surface area (Å²) in [5.74, 6) is -0.0196. The van der Waals surface area contributed by atoms with E-state index >= 15 is 0 Å². The van der Waals surface area contributed by atoms with Crippen molar-refractivity contribution in [3.8, 4) is 0 Å². The van der Waals surface area contributed by atoms with Gasteiger partial charge in [0.05, 0.1) is 7.11 Å². The first-order valence-corrected chi connectivity index (χ1v) is 4.99. The van der Waals surface area contributed by atoms with Crippen LogP contribution in [-0.2, 0) is 14.3 Å². The summed E-state index contributed by atoms with van der Waals surface area (Å²) >= 11 is 0. The molecule has 15 heavy (non-hydrogen) atoms. The van der Waals surface area contributed by atoms with E-state index in [9.17, 15) is 9.59 Å². The summed E-state index contributed by atoms with van der Waals surface area (Å²) < 4.78 is 4.40. The highest BCUT2D eigenvalue weighted by molar-refractivity contribution is 5.81. The third-order valence-electron chi connectivity index (χ3n) is 2.06. The molecule has 0 atom stereocenters. The molecule has 5 nitrogen and oxygen atoms in total. The molecule has 0 aromatic carbocycles. The molecule has 1 rings (SSSR count). The lowest BCUT2D eigenvalue weighted by atomic mass is 10.4. The number of carbonyl (C=O) groups is 2. The fraction of sp³-hybridized carbons (Fsp3) is 0.600. The summed E-state index contributed by atoms with van der Waals surface area (Å²) in [6, 6.07) is 0. The minimum atomic E-state index is -0.399. The van der Waals surface area contributed by atoms with Gasteiger partial charge < -0.3 is 15.4 Å². The Morgan fingerprint density at radius 1 is 1.40 bits per heavy atom. The van der Waals surface area contributed by atoms with Gasteiger partial charge in [-0.05, 0) is 12.8 Å². The summed E-state index contributed by atoms with van der Waals surface area (Å²) in [7, 11) is 1.32. The second-order valence-electron chi connectivity index (χ2n) is 3.38. The number of methoxy groups -OCH3 is 1. The van der Waals surface area contributed by atoms with Crippen molar-refractivity contribution in [2.75, 3.05) is 20.2 Å². The van der Waals surface area contributed by atoms with E-state index < -0.39 is 5.97 Å². The summed E-state index contributed by atoms with van der Waals surface area (Å²) in [6.45, 7) is 1.17. The Bertz CT molecular complexity index is 259. The standard InChI is InChI=1S/C10H16N2O3/c1-15-9(13)4-5-11-6-7-12-10(14)8-2-3-8/h4-5,8,11H,2-3,6-7H2,1H3,(H,12,14)/b5-4+. The van der Waals surface area contributed by atoms with Crippen molar-refractivity contribution in [3.63, 3.8) is 0 Å². The van der Waals surface area contributed by atoms with Crippen molar-refractivity contribution in [1.29, 1.82) is 0 Å². The lowest BCUT2D eigenvalue weighted by molar-refractivity contribution is -0.134. The maximum absolute atomic E-state index is 11.2. The first-order chi connectivity index (χ1) is 7.24. The van der Waals surface area contributed by atoms with Crippen LogP contribution in [0.25, 0.3) is 0 Å². The van der Waals surface area contributed by atoms with E-state index in [1.807, 2.05) is 0 Å². The molecule has 0 spiro atoms. The van der Waals surface area contributed by atoms with Crippen molar-refractivity contribution in [3.05, 3.63) is 12.3 Å². The Morgan fingerprint density at radius 3 is 2.73 bits per heavy atom. The maximum atomic E-state index is 11.2. The number of rotatable bonds is 6. The molecule has 0 radical (unpaired) electrons. The van der Waals surface area contributed by atoms with Crippen LogP contribution in [0.5, 0.6) is 0 Å². The van der Waals surface area contributed by atoms with Gasteiger partial charge in [-0.15, -0.1) is 0 Å². The van der Waals surface area contributed by atoms with Crippen molar-refractivity contribution in [2.45, 2.75) is 12.8 Å². The maximum Gasteiger partial charge on any atom is 0.331 e. The van der Waals surface area contributed by atoms with Gasteiger partial charge in [0, 0.05) is 31.3 Å². The van der Waals surface area contributed by atoms with E-state index in [2.05, 4.69) is 15.4 Å². The molecular weight excluding hydrogens is 196 g/mol. The van der Waals surface area contributed by atoms with Gasteiger partial charge in [-0.2, -0.15) is 0 Å². The molecule has 2 N–H and O–H groups in total. The number of carbonyl (C=O) groups excluding carboxylic acids is 2. The number of hydrogen-bond acceptors (Lipinski definition) is 4. The second-order valence-corrected chi connectivity index (χ2v) is 3.38. The lowest BCUT2D eigenvalue weighted by Gasteiger charge is -2.03. The molecule has 84 valence electrons. The van der Waals surface area contributed by atoms with Gasteiger partial charge in [-0.25, -0.2) is 4.79 Å². The van der Waals surface area contributed by atoms with E-state index in [1.165, 1.54) is 19.4 Å². The predicted octanol–water partition coefficient (Wildman–Crippen LogP) is -0.211. The topological polar surface area (TPSA) is 67.4 Å². The predicted molar refractivity (Wildman–Crippen MR) is 54.9 cm³/mol. The van der Waals surface area contributed by atoms with E-state index in [4.69, 9.17) is 0 Å². The van der Waals surface area contributed by atoms with Crippen LogP contribution >= 0.6 is 0 Å². The van der Waals surface area contributed by atoms with Crippen molar-refractivity contribution < 1.29 is 14.3 Å². The van der Waals surface area contributed by atoms with Crippen molar-refractivity contribution in [2.24, 2.45) is 5.92 Å². The SMILES string of the molecule is COC(=O)/C=C/NCCNC(=O)C1CC1. The molecule has 0 bridgehead atoms. The third kappa shape index (κ3) is 5.05. The van der Waals surface area contributed by atoms with E-state index in [0.29, 0.717) is 13.1 Å². The Labute approximate surface area is 88.9 Å². The van der Waals surface area contributed by atoms with E-state index in [1.54, 1.807) is 0 Å². The minimum Gasteiger partial charge on any atom is -0.466 e. The van der Waals surface area contributed by atoms with Crippen LogP contribution in [0, 0.1) is 5.92 Å². The van der Waals surface area contributed by atoms with Gasteiger partial charge in [0.15, 0.2) is 0 Å². The first kappa shape index (κ1) is 11.6. The zero-order valence-electron chi connectivity index (χ0n) is 8.79. The summed E-state index contributed by atoms with van der Waals surface area (Å²) in [4.78, 5) is 21.8. The van der Waals surface area contributed by atoms with Gasteiger partial charge in [-0.1, -0.05) is 0 Å². The molecule has 0 heterocycles. The zero-order chi connectivity index (χ0) is 11.1. The normalized spacial score (nSPS) is 15.0. The molecule has 1 saturated carbocycles. The van der Waals surface area contributed by atoms with Gasteiger partial charge in [0.1, 0.15) is 0 Å². The Hall–Kier alpha value is -1.52. The van der Waals surface area contributed by atoms with Gasteiger partial charge >= 0.3 is 5.97 Å². The van der Waals surface area contributed by atoms with Crippen molar-refractivity contribution >= 4 is 11.9 Å². The Balaban J connectivity index is 1.94. The molecule has 1 aliphatic rings. The number of amides is 1. The molecular formula is C10H16N2O3. The summed E-state index contributed by atoms with van der Waals surface area (Å²) in [5.41, 5.74) is 0. The van der Waals surface area contributed by atoms with Gasteiger partial charge in [0.25, 0.3) is 0 Å². The number of ether oxygens (including phenoxy) is 1. The summed E-state index contributed by atoms with van der Waals surface area (Å²) in [6.07, 6.45) is 4.83. The highest BCUT2D eigenvalue weighted by Gasteiger charge is 2.28. The minimum absolute atomic E-state index is 0.133. The fourth-order valence-corrected chi connectivity index (χ4v) is 1.03. The zero-order valence-corrected chi connectivity index (χ0v) is 8.79. The molecule has 1 amide bonds. The second kappa shape index (κ2) is 6.06. The molecule has 0 unspecified atom stereocenters. The average molecular weight is 212 g/mol. The Morgan fingerprint density at radius 2 is 2.13 bits per heavy atom. The van der Waals surface area contributed by atoms with Crippen LogP contribution in [-0.4, -0.2) is 32.1 Å². The van der Waals surface area contributed by atoms with Gasteiger partial charge in [-0.3, -0.25) is 4.79 Å². The molecule has 0 aromatic heterocycles. The third-order valence-corrected chi connectivity index (χ3v) is 2.06. The fourth-order valence-electron chi connectivity index (χ4n) is 1.03. The molecule has 0 aromatic rings. The van der Waals surface area contributed by atoms with Crippen LogP contribution < -0.4 is 10.6 Å². The highest BCUT2D eigenvalue weighted by Crippen LogP contribution is 2.28. The Kier molecular flexibility index (Phi) is 4.66. The average Bonchev–Trinajstić information content (AvgIpc) is 3.05. The molecule has 0 aliphatic heterocycles. The largest absolute Gasteiger partial charge is 0.466 e. The number of hydrogen-bond donors (Lipinski definition) is 2. The monoisotopic (exact) mass is 212 g/mol. The van der Waals surface area contributed by atoms with Crippen LogP contribution in [0.15, 0.2) is 12.3 Å². The molecule has 5 heteroatoms. The van der Waals surface area contributed by atoms with Crippen LogP contribution in [0.4, 0.5) is 0 Å². The number of nitrogens with one attached hydrogen (secondary N) is 2.